The van der Waals surface area contributed by atoms with Gasteiger partial charge in [-0.25, -0.2) is 9.48 Å². The summed E-state index contributed by atoms with van der Waals surface area (Å²) in [6.07, 6.45) is 4.13. The van der Waals surface area contributed by atoms with E-state index < -0.39 is 24.3 Å². The van der Waals surface area contributed by atoms with Crippen molar-refractivity contribution < 1.29 is 23.9 Å². The van der Waals surface area contributed by atoms with Crippen LogP contribution in [-0.4, -0.2) is 46.2 Å². The molecule has 0 atom stereocenters. The Labute approximate surface area is 173 Å². The number of aromatic nitrogens is 3. The van der Waals surface area contributed by atoms with Gasteiger partial charge in [-0.1, -0.05) is 18.2 Å². The summed E-state index contributed by atoms with van der Waals surface area (Å²) in [4.78, 5) is 39.2. The van der Waals surface area contributed by atoms with Gasteiger partial charge in [-0.15, -0.1) is 0 Å². The Morgan fingerprint density at radius 2 is 1.87 bits per heavy atom. The Balaban J connectivity index is 1.52. The van der Waals surface area contributed by atoms with E-state index in [0.717, 1.165) is 11.3 Å². The number of ketones is 1. The molecule has 30 heavy (non-hydrogen) atoms. The number of nitrogens with one attached hydrogen (secondary N) is 1. The maximum absolute atomic E-state index is 12.4. The summed E-state index contributed by atoms with van der Waals surface area (Å²) >= 11 is 0. The smallest absolute Gasteiger partial charge is 0.339 e. The Kier molecular flexibility index (Phi) is 6.46. The zero-order chi connectivity index (χ0) is 21.7. The first-order valence-electron chi connectivity index (χ1n) is 9.46. The SMILES string of the molecule is COC(=O)c1c(C)[nH]c(C(=O)COC(=O)CCc2cnn(-c3ccccc3)c2)c1C. The minimum absolute atomic E-state index is 0.129. The monoisotopic (exact) mass is 409 g/mol. The van der Waals surface area contributed by atoms with Crippen molar-refractivity contribution in [3.05, 3.63) is 70.8 Å². The summed E-state index contributed by atoms with van der Waals surface area (Å²) in [6.45, 7) is 2.93. The number of nitrogens with zero attached hydrogens (tertiary/aromatic N) is 2. The van der Waals surface area contributed by atoms with Gasteiger partial charge in [-0.05, 0) is 43.5 Å². The summed E-state index contributed by atoms with van der Waals surface area (Å²) in [5.74, 6) is -1.41. The topological polar surface area (TPSA) is 103 Å². The average molecular weight is 409 g/mol. The maximum atomic E-state index is 12.4. The summed E-state index contributed by atoms with van der Waals surface area (Å²) in [5.41, 5.74) is 3.39. The van der Waals surface area contributed by atoms with Gasteiger partial charge in [0.1, 0.15) is 0 Å². The predicted molar refractivity (Wildman–Crippen MR) is 109 cm³/mol. The van der Waals surface area contributed by atoms with Crippen molar-refractivity contribution in [2.45, 2.75) is 26.7 Å². The fourth-order valence-corrected chi connectivity index (χ4v) is 3.18. The molecule has 3 rings (SSSR count). The van der Waals surface area contributed by atoms with Crippen molar-refractivity contribution in [3.63, 3.8) is 0 Å². The van der Waals surface area contributed by atoms with E-state index in [1.807, 2.05) is 36.5 Å². The lowest BCUT2D eigenvalue weighted by Crippen LogP contribution is -2.16. The highest BCUT2D eigenvalue weighted by Crippen LogP contribution is 2.19. The first-order chi connectivity index (χ1) is 14.4. The van der Waals surface area contributed by atoms with Crippen molar-refractivity contribution in [1.29, 1.82) is 0 Å². The molecule has 3 aromatic rings. The molecule has 0 bridgehead atoms. The van der Waals surface area contributed by atoms with Crippen molar-refractivity contribution in [1.82, 2.24) is 14.8 Å². The fourth-order valence-electron chi connectivity index (χ4n) is 3.18. The number of rotatable bonds is 8. The molecule has 2 aromatic heterocycles. The molecule has 2 heterocycles. The molecule has 0 amide bonds. The molecule has 156 valence electrons. The van der Waals surface area contributed by atoms with Crippen LogP contribution in [-0.2, 0) is 20.7 Å². The number of hydrogen-bond donors (Lipinski definition) is 1. The van der Waals surface area contributed by atoms with Crippen LogP contribution < -0.4 is 0 Å². The van der Waals surface area contributed by atoms with E-state index in [0.29, 0.717) is 23.2 Å². The van der Waals surface area contributed by atoms with Gasteiger partial charge < -0.3 is 14.5 Å². The lowest BCUT2D eigenvalue weighted by molar-refractivity contribution is -0.142. The number of hydrogen-bond acceptors (Lipinski definition) is 6. The number of Topliss-reactive ketones (excluding diaryl/α,β-unsaturated/α-hetero) is 1. The van der Waals surface area contributed by atoms with E-state index in [4.69, 9.17) is 9.47 Å². The normalized spacial score (nSPS) is 10.6. The first kappa shape index (κ1) is 21.0. The Bertz CT molecular complexity index is 1070. The standard InChI is InChI=1S/C22H23N3O5/c1-14-20(22(28)29-3)15(2)24-21(14)18(26)13-30-19(27)10-9-16-11-23-25(12-16)17-7-5-4-6-8-17/h4-8,11-12,24H,9-10,13H2,1-3H3. The zero-order valence-corrected chi connectivity index (χ0v) is 17.1. The second-order valence-corrected chi connectivity index (χ2v) is 6.83. The van der Waals surface area contributed by atoms with E-state index in [-0.39, 0.29) is 12.1 Å². The summed E-state index contributed by atoms with van der Waals surface area (Å²) in [7, 11) is 1.28. The van der Waals surface area contributed by atoms with Crippen molar-refractivity contribution in [2.75, 3.05) is 13.7 Å². The van der Waals surface area contributed by atoms with Gasteiger partial charge in [0.15, 0.2) is 6.61 Å². The molecule has 1 N–H and O–H groups in total. The number of esters is 2. The van der Waals surface area contributed by atoms with Gasteiger partial charge in [0.05, 0.1) is 30.3 Å². The molecule has 0 unspecified atom stereocenters. The second kappa shape index (κ2) is 9.21. The van der Waals surface area contributed by atoms with Gasteiger partial charge in [-0.2, -0.15) is 5.10 Å². The Hall–Kier alpha value is -3.68. The van der Waals surface area contributed by atoms with E-state index in [1.165, 1.54) is 7.11 Å². The highest BCUT2D eigenvalue weighted by atomic mass is 16.5. The number of ether oxygens (including phenoxy) is 2. The van der Waals surface area contributed by atoms with Gasteiger partial charge >= 0.3 is 11.9 Å². The number of para-hydroxylation sites is 1. The molecule has 1 aromatic carbocycles. The van der Waals surface area contributed by atoms with Crippen LogP contribution in [0.25, 0.3) is 5.69 Å². The number of methoxy groups -OCH3 is 1. The molecule has 0 aliphatic heterocycles. The number of benzene rings is 1. The number of aryl methyl sites for hydroxylation is 2. The molecule has 0 fully saturated rings. The summed E-state index contributed by atoms with van der Waals surface area (Å²) in [5, 5.41) is 4.29. The van der Waals surface area contributed by atoms with E-state index in [9.17, 15) is 14.4 Å². The third-order valence-corrected chi connectivity index (χ3v) is 4.74. The van der Waals surface area contributed by atoms with Crippen LogP contribution in [0.15, 0.2) is 42.7 Å². The average Bonchev–Trinajstić information content (AvgIpc) is 3.35. The number of carbonyl (C=O) groups is 3. The van der Waals surface area contributed by atoms with Crippen molar-refractivity contribution >= 4 is 17.7 Å². The third-order valence-electron chi connectivity index (χ3n) is 4.74. The van der Waals surface area contributed by atoms with Crippen LogP contribution in [0, 0.1) is 13.8 Å². The van der Waals surface area contributed by atoms with Crippen LogP contribution in [0.5, 0.6) is 0 Å². The van der Waals surface area contributed by atoms with Gasteiger partial charge in [0, 0.05) is 18.3 Å². The minimum atomic E-state index is -0.520. The minimum Gasteiger partial charge on any atom is -0.465 e. The van der Waals surface area contributed by atoms with E-state index >= 15 is 0 Å². The van der Waals surface area contributed by atoms with E-state index in [2.05, 4.69) is 10.1 Å². The molecule has 0 aliphatic carbocycles. The van der Waals surface area contributed by atoms with Gasteiger partial charge in [-0.3, -0.25) is 9.59 Å². The van der Waals surface area contributed by atoms with E-state index in [1.54, 1.807) is 24.7 Å². The second-order valence-electron chi connectivity index (χ2n) is 6.83. The van der Waals surface area contributed by atoms with Crippen LogP contribution in [0.3, 0.4) is 0 Å². The van der Waals surface area contributed by atoms with Crippen molar-refractivity contribution in [2.24, 2.45) is 0 Å². The third kappa shape index (κ3) is 4.65. The predicted octanol–water partition coefficient (Wildman–Crippen LogP) is 2.96. The quantitative estimate of drug-likeness (QED) is 0.453. The Morgan fingerprint density at radius 1 is 1.13 bits per heavy atom. The van der Waals surface area contributed by atoms with Gasteiger partial charge in [0.2, 0.25) is 5.78 Å². The molecular weight excluding hydrogens is 386 g/mol. The number of aromatic amines is 1. The maximum Gasteiger partial charge on any atom is 0.339 e. The molecule has 0 radical (unpaired) electrons. The first-order valence-corrected chi connectivity index (χ1v) is 9.46. The summed E-state index contributed by atoms with van der Waals surface area (Å²) in [6, 6.07) is 9.65. The lowest BCUT2D eigenvalue weighted by Gasteiger charge is -2.04. The molecule has 0 spiro atoms. The molecule has 0 saturated heterocycles. The molecule has 8 nitrogen and oxygen atoms in total. The fraction of sp³-hybridized carbons (Fsp3) is 0.273. The van der Waals surface area contributed by atoms with Crippen molar-refractivity contribution in [3.8, 4) is 5.69 Å². The molecule has 0 saturated carbocycles. The summed E-state index contributed by atoms with van der Waals surface area (Å²) < 4.78 is 11.6. The highest BCUT2D eigenvalue weighted by Gasteiger charge is 2.23. The van der Waals surface area contributed by atoms with Crippen LogP contribution >= 0.6 is 0 Å². The molecule has 0 aliphatic rings. The number of carbonyl (C=O) groups excluding carboxylic acids is 3. The molecular formula is C22H23N3O5. The van der Waals surface area contributed by atoms with Crippen LogP contribution in [0.4, 0.5) is 0 Å². The van der Waals surface area contributed by atoms with Crippen LogP contribution in [0.2, 0.25) is 0 Å². The molecule has 8 heteroatoms. The van der Waals surface area contributed by atoms with Crippen LogP contribution in [0.1, 0.15) is 44.1 Å². The number of H-pyrrole nitrogens is 1. The highest BCUT2D eigenvalue weighted by molar-refractivity contribution is 6.02. The lowest BCUT2D eigenvalue weighted by atomic mass is 10.1. The largest absolute Gasteiger partial charge is 0.465 e. The zero-order valence-electron chi connectivity index (χ0n) is 17.1. The van der Waals surface area contributed by atoms with Gasteiger partial charge in [0.25, 0.3) is 0 Å². The Morgan fingerprint density at radius 3 is 2.57 bits per heavy atom.